The fourth-order valence-electron chi connectivity index (χ4n) is 0.953. The van der Waals surface area contributed by atoms with Crippen LogP contribution in [0.2, 0.25) is 0 Å². The van der Waals surface area contributed by atoms with Crippen LogP contribution in [0.1, 0.15) is 5.69 Å². The van der Waals surface area contributed by atoms with Crippen LogP contribution in [0.25, 0.3) is 10.2 Å². The zero-order valence-electron chi connectivity index (χ0n) is 6.03. The number of thiazole rings is 1. The van der Waals surface area contributed by atoms with Crippen LogP contribution in [-0.4, -0.2) is 17.8 Å². The molecule has 0 bridgehead atoms. The number of hydrogen-bond acceptors (Lipinski definition) is 3. The van der Waals surface area contributed by atoms with Gasteiger partial charge in [-0.3, -0.25) is 9.97 Å². The highest BCUT2D eigenvalue weighted by molar-refractivity contribution is 7.25. The van der Waals surface area contributed by atoms with Gasteiger partial charge in [0.15, 0.2) is 7.85 Å². The molecule has 2 nitrogen and oxygen atoms in total. The number of aryl methyl sites for hydroxylation is 1. The summed E-state index contributed by atoms with van der Waals surface area (Å²) in [5, 5.41) is 0. The maximum Gasteiger partial charge on any atom is 0.157 e. The van der Waals surface area contributed by atoms with Gasteiger partial charge in [0.05, 0.1) is 10.2 Å². The van der Waals surface area contributed by atoms with Crippen LogP contribution < -0.4 is 4.91 Å². The fraction of sp³-hybridized carbons (Fsp3) is 0.143. The van der Waals surface area contributed by atoms with Gasteiger partial charge in [0.1, 0.15) is 0 Å². The van der Waals surface area contributed by atoms with Crippen molar-refractivity contribution >= 4 is 34.3 Å². The summed E-state index contributed by atoms with van der Waals surface area (Å²) in [7, 11) is 5.52. The van der Waals surface area contributed by atoms with Crippen molar-refractivity contribution in [3.8, 4) is 0 Å². The average molecular weight is 160 g/mol. The van der Waals surface area contributed by atoms with Crippen LogP contribution in [0.3, 0.4) is 0 Å². The van der Waals surface area contributed by atoms with Gasteiger partial charge < -0.3 is 0 Å². The molecule has 0 amide bonds. The van der Waals surface area contributed by atoms with E-state index in [4.69, 9.17) is 7.85 Å². The predicted octanol–water partition coefficient (Wildman–Crippen LogP) is 0.794. The molecule has 4 heteroatoms. The van der Waals surface area contributed by atoms with E-state index in [1.54, 1.807) is 6.20 Å². The Hall–Kier alpha value is -0.895. The number of fused-ring (bicyclic) bond motifs is 1. The van der Waals surface area contributed by atoms with Gasteiger partial charge in [-0.05, 0) is 13.0 Å². The molecular weight excluding hydrogens is 155 g/mol. The smallest absolute Gasteiger partial charge is 0.157 e. The number of nitrogens with zero attached hydrogens (tertiary/aromatic N) is 2. The summed E-state index contributed by atoms with van der Waals surface area (Å²) in [4.78, 5) is 8.87. The summed E-state index contributed by atoms with van der Waals surface area (Å²) < 4.78 is 1.05. The van der Waals surface area contributed by atoms with Gasteiger partial charge in [0, 0.05) is 16.8 Å². The van der Waals surface area contributed by atoms with Crippen molar-refractivity contribution in [3.05, 3.63) is 18.0 Å². The maximum absolute atomic E-state index is 5.52. The zero-order valence-corrected chi connectivity index (χ0v) is 6.85. The van der Waals surface area contributed by atoms with Crippen molar-refractivity contribution in [2.45, 2.75) is 6.92 Å². The van der Waals surface area contributed by atoms with Crippen molar-refractivity contribution in [2.24, 2.45) is 0 Å². The molecule has 0 fully saturated rings. The molecule has 2 rings (SSSR count). The molecule has 11 heavy (non-hydrogen) atoms. The number of hydrogen-bond donors (Lipinski definition) is 0. The van der Waals surface area contributed by atoms with Crippen LogP contribution in [0, 0.1) is 6.92 Å². The Balaban J connectivity index is 2.82. The lowest BCUT2D eigenvalue weighted by molar-refractivity contribution is 1.22. The largest absolute Gasteiger partial charge is 0.260 e. The SMILES string of the molecule is [B]c1nc2cc(C)ncc2s1. The van der Waals surface area contributed by atoms with Gasteiger partial charge >= 0.3 is 0 Å². The van der Waals surface area contributed by atoms with Crippen LogP contribution in [0.4, 0.5) is 0 Å². The quantitative estimate of drug-likeness (QED) is 0.532. The Morgan fingerprint density at radius 3 is 3.18 bits per heavy atom. The van der Waals surface area contributed by atoms with E-state index in [1.807, 2.05) is 13.0 Å². The second kappa shape index (κ2) is 2.31. The third kappa shape index (κ3) is 1.14. The van der Waals surface area contributed by atoms with Crippen LogP contribution in [0.5, 0.6) is 0 Å². The predicted molar refractivity (Wildman–Crippen MR) is 47.5 cm³/mol. The van der Waals surface area contributed by atoms with E-state index in [2.05, 4.69) is 9.97 Å². The molecule has 0 spiro atoms. The molecule has 0 saturated heterocycles. The number of aromatic nitrogens is 2. The molecule has 2 aromatic rings. The van der Waals surface area contributed by atoms with Gasteiger partial charge in [0.2, 0.25) is 0 Å². The minimum atomic E-state index is 0.604. The lowest BCUT2D eigenvalue weighted by atomic mass is 10.2. The summed E-state index contributed by atoms with van der Waals surface area (Å²) in [5.41, 5.74) is 1.92. The lowest BCUT2D eigenvalue weighted by Gasteiger charge is -1.88. The normalized spacial score (nSPS) is 10.6. The van der Waals surface area contributed by atoms with Crippen molar-refractivity contribution < 1.29 is 0 Å². The molecule has 0 saturated carbocycles. The van der Waals surface area contributed by atoms with E-state index in [9.17, 15) is 0 Å². The number of rotatable bonds is 0. The first kappa shape index (κ1) is 6.79. The van der Waals surface area contributed by atoms with E-state index < -0.39 is 0 Å². The molecule has 0 aliphatic heterocycles. The first-order chi connectivity index (χ1) is 5.25. The van der Waals surface area contributed by atoms with Crippen molar-refractivity contribution in [3.63, 3.8) is 0 Å². The van der Waals surface area contributed by atoms with E-state index >= 15 is 0 Å². The molecule has 52 valence electrons. The minimum Gasteiger partial charge on any atom is -0.260 e. The second-order valence-corrected chi connectivity index (χ2v) is 3.41. The Labute approximate surface area is 69.7 Å². The van der Waals surface area contributed by atoms with Gasteiger partial charge in [-0.25, -0.2) is 0 Å². The highest BCUT2D eigenvalue weighted by Gasteiger charge is 1.98. The molecule has 0 aliphatic rings. The van der Waals surface area contributed by atoms with Gasteiger partial charge in [-0.2, -0.15) is 0 Å². The Morgan fingerprint density at radius 1 is 1.55 bits per heavy atom. The molecule has 0 atom stereocenters. The first-order valence-electron chi connectivity index (χ1n) is 3.24. The third-order valence-corrected chi connectivity index (χ3v) is 2.26. The zero-order chi connectivity index (χ0) is 7.84. The Bertz CT molecular complexity index is 396. The summed E-state index contributed by atoms with van der Waals surface area (Å²) >= 11 is 1.46. The Kier molecular flexibility index (Phi) is 1.42. The monoisotopic (exact) mass is 160 g/mol. The molecule has 2 aromatic heterocycles. The van der Waals surface area contributed by atoms with Gasteiger partial charge in [-0.1, -0.05) is 0 Å². The summed E-state index contributed by atoms with van der Waals surface area (Å²) in [6.45, 7) is 1.94. The fourth-order valence-corrected chi connectivity index (χ4v) is 1.64. The molecular formula is C7H5BN2S. The van der Waals surface area contributed by atoms with E-state index in [1.165, 1.54) is 11.3 Å². The van der Waals surface area contributed by atoms with E-state index in [0.29, 0.717) is 4.91 Å². The molecule has 2 heterocycles. The topological polar surface area (TPSA) is 25.8 Å². The van der Waals surface area contributed by atoms with E-state index in [0.717, 1.165) is 15.9 Å². The van der Waals surface area contributed by atoms with Crippen LogP contribution >= 0.6 is 11.3 Å². The highest BCUT2D eigenvalue weighted by atomic mass is 32.1. The summed E-state index contributed by atoms with van der Waals surface area (Å²) in [6, 6.07) is 1.93. The minimum absolute atomic E-state index is 0.604. The molecule has 0 aromatic carbocycles. The third-order valence-electron chi connectivity index (χ3n) is 1.43. The summed E-state index contributed by atoms with van der Waals surface area (Å²) in [6.07, 6.45) is 1.80. The van der Waals surface area contributed by atoms with Crippen molar-refractivity contribution in [2.75, 3.05) is 0 Å². The maximum atomic E-state index is 5.52. The number of pyridine rings is 1. The van der Waals surface area contributed by atoms with Gasteiger partial charge in [-0.15, -0.1) is 11.3 Å². The van der Waals surface area contributed by atoms with Gasteiger partial charge in [0.25, 0.3) is 0 Å². The highest BCUT2D eigenvalue weighted by Crippen LogP contribution is 2.14. The lowest BCUT2D eigenvalue weighted by Crippen LogP contribution is -1.96. The van der Waals surface area contributed by atoms with Crippen molar-refractivity contribution in [1.29, 1.82) is 0 Å². The average Bonchev–Trinajstić information content (AvgIpc) is 2.27. The molecule has 2 radical (unpaired) electrons. The molecule has 0 N–H and O–H groups in total. The second-order valence-electron chi connectivity index (χ2n) is 2.35. The molecule has 0 unspecified atom stereocenters. The van der Waals surface area contributed by atoms with Crippen LogP contribution in [-0.2, 0) is 0 Å². The standard InChI is InChI=1S/C7H5BN2S/c1-4-2-5-6(3-9-4)11-7(8)10-5/h2-3H,1H3. The Morgan fingerprint density at radius 2 is 2.36 bits per heavy atom. The van der Waals surface area contributed by atoms with E-state index in [-0.39, 0.29) is 0 Å². The van der Waals surface area contributed by atoms with Crippen molar-refractivity contribution in [1.82, 2.24) is 9.97 Å². The van der Waals surface area contributed by atoms with Crippen LogP contribution in [0.15, 0.2) is 12.3 Å². The molecule has 0 aliphatic carbocycles. The summed E-state index contributed by atoms with van der Waals surface area (Å²) in [5.74, 6) is 0. The first-order valence-corrected chi connectivity index (χ1v) is 4.06.